The average molecular weight is 162 g/mol. The molecule has 0 bridgehead atoms. The summed E-state index contributed by atoms with van der Waals surface area (Å²) in [6, 6.07) is 0. The molecule has 0 aromatic rings. The standard InChI is InChI=1S/C6H10O3S/c1-3-5-9-10(7,8)6-4-2/h1H,4-6H2,2H3. The highest BCUT2D eigenvalue weighted by Gasteiger charge is 2.06. The smallest absolute Gasteiger partial charge is 0.257 e. The van der Waals surface area contributed by atoms with Crippen LogP contribution in [-0.4, -0.2) is 20.8 Å². The lowest BCUT2D eigenvalue weighted by atomic mass is 10.6. The van der Waals surface area contributed by atoms with Crippen LogP contribution in [-0.2, 0) is 14.3 Å². The predicted molar refractivity (Wildman–Crippen MR) is 38.9 cm³/mol. The van der Waals surface area contributed by atoms with E-state index in [1.807, 2.05) is 0 Å². The first kappa shape index (κ1) is 9.47. The van der Waals surface area contributed by atoms with Gasteiger partial charge in [-0.3, -0.25) is 4.18 Å². The number of rotatable bonds is 4. The van der Waals surface area contributed by atoms with Gasteiger partial charge in [0.1, 0.15) is 6.61 Å². The van der Waals surface area contributed by atoms with Crippen molar-refractivity contribution in [3.63, 3.8) is 0 Å². The van der Waals surface area contributed by atoms with Crippen molar-refractivity contribution in [3.05, 3.63) is 0 Å². The van der Waals surface area contributed by atoms with Crippen molar-refractivity contribution in [2.24, 2.45) is 0 Å². The Morgan fingerprint density at radius 1 is 1.60 bits per heavy atom. The second-order valence-electron chi connectivity index (χ2n) is 1.73. The Morgan fingerprint density at radius 2 is 2.20 bits per heavy atom. The molecule has 0 N–H and O–H groups in total. The summed E-state index contributed by atoms with van der Waals surface area (Å²) >= 11 is 0. The van der Waals surface area contributed by atoms with Crippen molar-refractivity contribution in [1.29, 1.82) is 0 Å². The van der Waals surface area contributed by atoms with E-state index in [4.69, 9.17) is 6.42 Å². The fourth-order valence-electron chi connectivity index (χ4n) is 0.433. The molecule has 0 aromatic carbocycles. The van der Waals surface area contributed by atoms with Gasteiger partial charge >= 0.3 is 0 Å². The second-order valence-corrected chi connectivity index (χ2v) is 3.49. The van der Waals surface area contributed by atoms with Crippen LogP contribution < -0.4 is 0 Å². The first-order valence-corrected chi connectivity index (χ1v) is 4.50. The highest BCUT2D eigenvalue weighted by Crippen LogP contribution is 1.94. The second kappa shape index (κ2) is 4.31. The Balaban J connectivity index is 3.80. The lowest BCUT2D eigenvalue weighted by Gasteiger charge is -1.98. The van der Waals surface area contributed by atoms with E-state index >= 15 is 0 Å². The zero-order valence-corrected chi connectivity index (χ0v) is 6.65. The fraction of sp³-hybridized carbons (Fsp3) is 0.667. The summed E-state index contributed by atoms with van der Waals surface area (Å²) in [6.45, 7) is 1.60. The van der Waals surface area contributed by atoms with Gasteiger partial charge in [-0.05, 0) is 6.42 Å². The van der Waals surface area contributed by atoms with Gasteiger partial charge in [-0.2, -0.15) is 8.42 Å². The Morgan fingerprint density at radius 3 is 2.60 bits per heavy atom. The molecule has 0 rings (SSSR count). The Kier molecular flexibility index (Phi) is 4.08. The summed E-state index contributed by atoms with van der Waals surface area (Å²) in [5, 5.41) is 0. The summed E-state index contributed by atoms with van der Waals surface area (Å²) in [4.78, 5) is 0. The van der Waals surface area contributed by atoms with E-state index in [0.717, 1.165) is 0 Å². The van der Waals surface area contributed by atoms with Crippen molar-refractivity contribution >= 4 is 10.1 Å². The molecular weight excluding hydrogens is 152 g/mol. The largest absolute Gasteiger partial charge is 0.268 e. The van der Waals surface area contributed by atoms with Gasteiger partial charge in [0.15, 0.2) is 0 Å². The van der Waals surface area contributed by atoms with Crippen molar-refractivity contribution in [3.8, 4) is 12.3 Å². The van der Waals surface area contributed by atoms with Gasteiger partial charge in [0, 0.05) is 0 Å². The maximum atomic E-state index is 10.7. The SMILES string of the molecule is C#CCOS(=O)(=O)CCC. The van der Waals surface area contributed by atoms with E-state index in [2.05, 4.69) is 10.1 Å². The zero-order chi connectivity index (χ0) is 8.04. The molecule has 10 heavy (non-hydrogen) atoms. The Hall–Kier alpha value is -0.530. The normalized spacial score (nSPS) is 10.8. The maximum absolute atomic E-state index is 10.7. The Bertz CT molecular complexity index is 210. The molecule has 0 atom stereocenters. The van der Waals surface area contributed by atoms with Gasteiger partial charge < -0.3 is 0 Å². The topological polar surface area (TPSA) is 43.4 Å². The lowest BCUT2D eigenvalue weighted by Crippen LogP contribution is -2.09. The molecule has 0 heterocycles. The number of terminal acetylenes is 1. The van der Waals surface area contributed by atoms with Gasteiger partial charge in [0.2, 0.25) is 0 Å². The van der Waals surface area contributed by atoms with Crippen molar-refractivity contribution in [2.45, 2.75) is 13.3 Å². The summed E-state index contributed by atoms with van der Waals surface area (Å²) in [6.07, 6.45) is 5.34. The molecule has 4 heteroatoms. The van der Waals surface area contributed by atoms with Gasteiger partial charge in [0.05, 0.1) is 5.75 Å². The van der Waals surface area contributed by atoms with Gasteiger partial charge in [-0.15, -0.1) is 6.42 Å². The molecule has 0 aliphatic heterocycles. The summed E-state index contributed by atoms with van der Waals surface area (Å²) < 4.78 is 25.7. The van der Waals surface area contributed by atoms with Crippen LogP contribution in [0.2, 0.25) is 0 Å². The minimum Gasteiger partial charge on any atom is -0.257 e. The van der Waals surface area contributed by atoms with Crippen LogP contribution in [0.1, 0.15) is 13.3 Å². The molecule has 0 unspecified atom stereocenters. The quantitative estimate of drug-likeness (QED) is 0.443. The molecule has 58 valence electrons. The van der Waals surface area contributed by atoms with Gasteiger partial charge in [0.25, 0.3) is 10.1 Å². The average Bonchev–Trinajstić information content (AvgIpc) is 1.84. The third-order valence-electron chi connectivity index (χ3n) is 0.776. The fourth-order valence-corrected chi connectivity index (χ4v) is 1.30. The lowest BCUT2D eigenvalue weighted by molar-refractivity contribution is 0.363. The molecule has 0 aromatic heterocycles. The van der Waals surface area contributed by atoms with Gasteiger partial charge in [-0.25, -0.2) is 0 Å². The molecule has 0 saturated heterocycles. The molecule has 0 spiro atoms. The molecule has 0 amide bonds. The third-order valence-corrected chi connectivity index (χ3v) is 2.16. The highest BCUT2D eigenvalue weighted by molar-refractivity contribution is 7.86. The van der Waals surface area contributed by atoms with Crippen LogP contribution >= 0.6 is 0 Å². The van der Waals surface area contributed by atoms with Crippen molar-refractivity contribution < 1.29 is 12.6 Å². The zero-order valence-electron chi connectivity index (χ0n) is 5.83. The van der Waals surface area contributed by atoms with Crippen LogP contribution in [0.3, 0.4) is 0 Å². The molecule has 0 aliphatic rings. The molecule has 0 fully saturated rings. The van der Waals surface area contributed by atoms with E-state index in [1.54, 1.807) is 6.92 Å². The highest BCUT2D eigenvalue weighted by atomic mass is 32.2. The summed E-state index contributed by atoms with van der Waals surface area (Å²) in [7, 11) is -3.34. The van der Waals surface area contributed by atoms with Crippen LogP contribution in [0.5, 0.6) is 0 Å². The predicted octanol–water partition coefficient (Wildman–Crippen LogP) is 0.376. The monoisotopic (exact) mass is 162 g/mol. The van der Waals surface area contributed by atoms with E-state index in [1.165, 1.54) is 0 Å². The molecular formula is C6H10O3S. The first-order chi connectivity index (χ1) is 4.62. The Labute approximate surface area is 61.5 Å². The minimum atomic E-state index is -3.34. The molecule has 0 aliphatic carbocycles. The number of hydrogen-bond donors (Lipinski definition) is 0. The van der Waals surface area contributed by atoms with E-state index in [9.17, 15) is 8.42 Å². The van der Waals surface area contributed by atoms with Crippen LogP contribution in [0.4, 0.5) is 0 Å². The molecule has 0 radical (unpaired) electrons. The van der Waals surface area contributed by atoms with Crippen LogP contribution in [0.25, 0.3) is 0 Å². The molecule has 3 nitrogen and oxygen atoms in total. The van der Waals surface area contributed by atoms with Crippen LogP contribution in [0.15, 0.2) is 0 Å². The first-order valence-electron chi connectivity index (χ1n) is 2.93. The summed E-state index contributed by atoms with van der Waals surface area (Å²) in [5.41, 5.74) is 0. The van der Waals surface area contributed by atoms with Crippen molar-refractivity contribution in [2.75, 3.05) is 12.4 Å². The minimum absolute atomic E-state index is 0.0364. The molecule has 0 saturated carbocycles. The van der Waals surface area contributed by atoms with E-state index < -0.39 is 10.1 Å². The number of hydrogen-bond acceptors (Lipinski definition) is 3. The summed E-state index contributed by atoms with van der Waals surface area (Å²) in [5.74, 6) is 2.12. The maximum Gasteiger partial charge on any atom is 0.268 e. The van der Waals surface area contributed by atoms with E-state index in [0.29, 0.717) is 6.42 Å². The van der Waals surface area contributed by atoms with Crippen LogP contribution in [0, 0.1) is 12.3 Å². The van der Waals surface area contributed by atoms with Crippen molar-refractivity contribution in [1.82, 2.24) is 0 Å². The van der Waals surface area contributed by atoms with Gasteiger partial charge in [-0.1, -0.05) is 12.8 Å². The van der Waals surface area contributed by atoms with E-state index in [-0.39, 0.29) is 12.4 Å². The third kappa shape index (κ3) is 4.36.